The first kappa shape index (κ1) is 13.1. The molecule has 1 heterocycles. The smallest absolute Gasteiger partial charge is 0.130 e. The van der Waals surface area contributed by atoms with Crippen LogP contribution in [0.2, 0.25) is 0 Å². The van der Waals surface area contributed by atoms with E-state index in [1.54, 1.807) is 11.8 Å². The van der Waals surface area contributed by atoms with Crippen molar-refractivity contribution in [2.45, 2.75) is 23.3 Å². The fourth-order valence-electron chi connectivity index (χ4n) is 1.30. The Balaban J connectivity index is 2.26. The molecule has 0 unspecified atom stereocenters. The summed E-state index contributed by atoms with van der Waals surface area (Å²) >= 11 is 8.51. The monoisotopic (exact) mass is 372 g/mol. The Bertz CT molecular complexity index is 532. The third-order valence-corrected chi connectivity index (χ3v) is 3.86. The largest absolute Gasteiger partial charge is 0.226 e. The molecule has 1 aromatic heterocycles. The van der Waals surface area contributed by atoms with E-state index in [1.807, 2.05) is 18.2 Å². The lowest BCUT2D eigenvalue weighted by Crippen LogP contribution is -1.94. The van der Waals surface area contributed by atoms with Gasteiger partial charge < -0.3 is 0 Å². The quantitative estimate of drug-likeness (QED) is 0.728. The fourth-order valence-corrected chi connectivity index (χ4v) is 3.32. The lowest BCUT2D eigenvalue weighted by molar-refractivity contribution is 0.877. The maximum atomic E-state index is 4.48. The SMILES string of the molecule is CCc1nc(Br)cc(Sc2cccc(Br)c2)n1. The molecule has 0 atom stereocenters. The number of hydrogen-bond donors (Lipinski definition) is 0. The van der Waals surface area contributed by atoms with Crippen LogP contribution >= 0.6 is 43.6 Å². The van der Waals surface area contributed by atoms with Crippen LogP contribution in [0.4, 0.5) is 0 Å². The van der Waals surface area contributed by atoms with Crippen molar-refractivity contribution in [3.8, 4) is 0 Å². The Morgan fingerprint density at radius 2 is 2.00 bits per heavy atom. The molecule has 2 rings (SSSR count). The van der Waals surface area contributed by atoms with Crippen molar-refractivity contribution >= 4 is 43.6 Å². The van der Waals surface area contributed by atoms with E-state index >= 15 is 0 Å². The number of benzene rings is 1. The molecule has 0 radical (unpaired) electrons. The number of hydrogen-bond acceptors (Lipinski definition) is 3. The zero-order valence-corrected chi connectivity index (χ0v) is 13.1. The van der Waals surface area contributed by atoms with Gasteiger partial charge in [0, 0.05) is 21.9 Å². The first-order valence-electron chi connectivity index (χ1n) is 5.14. The van der Waals surface area contributed by atoms with Gasteiger partial charge in [0.1, 0.15) is 15.5 Å². The molecule has 2 nitrogen and oxygen atoms in total. The molecule has 0 aliphatic rings. The first-order valence-corrected chi connectivity index (χ1v) is 7.54. The first-order chi connectivity index (χ1) is 8.17. The predicted molar refractivity (Wildman–Crippen MR) is 77.4 cm³/mol. The van der Waals surface area contributed by atoms with Gasteiger partial charge in [0.2, 0.25) is 0 Å². The molecule has 0 fully saturated rings. The van der Waals surface area contributed by atoms with E-state index in [4.69, 9.17) is 0 Å². The minimum absolute atomic E-state index is 0.835. The highest BCUT2D eigenvalue weighted by molar-refractivity contribution is 9.10. The summed E-state index contributed by atoms with van der Waals surface area (Å²) in [5, 5.41) is 0.960. The van der Waals surface area contributed by atoms with E-state index < -0.39 is 0 Å². The Kier molecular flexibility index (Phi) is 4.59. The van der Waals surface area contributed by atoms with Crippen LogP contribution in [0.25, 0.3) is 0 Å². The summed E-state index contributed by atoms with van der Waals surface area (Å²) in [6, 6.07) is 10.1. The van der Waals surface area contributed by atoms with E-state index in [0.29, 0.717) is 0 Å². The summed E-state index contributed by atoms with van der Waals surface area (Å²) in [5.74, 6) is 0.858. The molecule has 1 aromatic carbocycles. The van der Waals surface area contributed by atoms with Crippen LogP contribution in [0, 0.1) is 0 Å². The summed E-state index contributed by atoms with van der Waals surface area (Å²) in [5.41, 5.74) is 0. The van der Waals surface area contributed by atoms with Crippen molar-refractivity contribution < 1.29 is 0 Å². The van der Waals surface area contributed by atoms with E-state index in [0.717, 1.165) is 31.2 Å². The summed E-state index contributed by atoms with van der Waals surface area (Å²) in [6.45, 7) is 2.05. The molecular formula is C12H10Br2N2S. The van der Waals surface area contributed by atoms with Crippen molar-refractivity contribution in [3.05, 3.63) is 45.2 Å². The second-order valence-electron chi connectivity index (χ2n) is 3.36. The Hall–Kier alpha value is -0.390. The summed E-state index contributed by atoms with van der Waals surface area (Å²) < 4.78 is 1.91. The van der Waals surface area contributed by atoms with Crippen molar-refractivity contribution in [2.75, 3.05) is 0 Å². The highest BCUT2D eigenvalue weighted by Gasteiger charge is 2.04. The van der Waals surface area contributed by atoms with Crippen LogP contribution in [-0.2, 0) is 6.42 Å². The predicted octanol–water partition coefficient (Wildman–Crippen LogP) is 4.72. The van der Waals surface area contributed by atoms with Gasteiger partial charge in [0.05, 0.1) is 0 Å². The van der Waals surface area contributed by atoms with Gasteiger partial charge in [-0.15, -0.1) is 0 Å². The van der Waals surface area contributed by atoms with Crippen LogP contribution in [0.1, 0.15) is 12.7 Å². The molecule has 0 amide bonds. The Labute approximate surface area is 122 Å². The van der Waals surface area contributed by atoms with Crippen LogP contribution in [0.15, 0.2) is 49.3 Å². The van der Waals surface area contributed by atoms with Gasteiger partial charge in [-0.05, 0) is 34.1 Å². The minimum Gasteiger partial charge on any atom is -0.226 e. The third kappa shape index (κ3) is 3.79. The van der Waals surface area contributed by atoms with Crippen LogP contribution in [-0.4, -0.2) is 9.97 Å². The standard InChI is InChI=1S/C12H10Br2N2S/c1-2-11-15-10(14)7-12(16-11)17-9-5-3-4-8(13)6-9/h3-7H,2H2,1H3. The van der Waals surface area contributed by atoms with Crippen molar-refractivity contribution in [2.24, 2.45) is 0 Å². The van der Waals surface area contributed by atoms with Crippen molar-refractivity contribution in [1.29, 1.82) is 0 Å². The highest BCUT2D eigenvalue weighted by atomic mass is 79.9. The Morgan fingerprint density at radius 1 is 1.18 bits per heavy atom. The maximum Gasteiger partial charge on any atom is 0.130 e. The zero-order chi connectivity index (χ0) is 12.3. The average molecular weight is 374 g/mol. The molecule has 88 valence electrons. The molecule has 0 saturated heterocycles. The normalized spacial score (nSPS) is 10.5. The van der Waals surface area contributed by atoms with Gasteiger partial charge >= 0.3 is 0 Å². The topological polar surface area (TPSA) is 25.8 Å². The van der Waals surface area contributed by atoms with Crippen molar-refractivity contribution in [3.63, 3.8) is 0 Å². The second kappa shape index (κ2) is 5.98. The number of aryl methyl sites for hydroxylation is 1. The maximum absolute atomic E-state index is 4.48. The van der Waals surface area contributed by atoms with Gasteiger partial charge in [0.25, 0.3) is 0 Å². The fraction of sp³-hybridized carbons (Fsp3) is 0.167. The molecule has 2 aromatic rings. The van der Waals surface area contributed by atoms with E-state index in [-0.39, 0.29) is 0 Å². The zero-order valence-electron chi connectivity index (χ0n) is 9.15. The number of aromatic nitrogens is 2. The van der Waals surface area contributed by atoms with E-state index in [9.17, 15) is 0 Å². The molecule has 0 aliphatic carbocycles. The molecule has 0 bridgehead atoms. The van der Waals surface area contributed by atoms with E-state index in [2.05, 4.69) is 60.9 Å². The minimum atomic E-state index is 0.835. The number of rotatable bonds is 3. The van der Waals surface area contributed by atoms with Gasteiger partial charge in [-0.1, -0.05) is 40.7 Å². The third-order valence-electron chi connectivity index (χ3n) is 2.05. The van der Waals surface area contributed by atoms with Crippen molar-refractivity contribution in [1.82, 2.24) is 9.97 Å². The molecular weight excluding hydrogens is 364 g/mol. The molecule has 0 aliphatic heterocycles. The molecule has 0 N–H and O–H groups in total. The highest BCUT2D eigenvalue weighted by Crippen LogP contribution is 2.29. The molecule has 5 heteroatoms. The lowest BCUT2D eigenvalue weighted by Gasteiger charge is -2.04. The Morgan fingerprint density at radius 3 is 2.71 bits per heavy atom. The summed E-state index contributed by atoms with van der Waals surface area (Å²) in [4.78, 5) is 9.94. The lowest BCUT2D eigenvalue weighted by atomic mass is 10.4. The average Bonchev–Trinajstić information content (AvgIpc) is 2.28. The number of nitrogens with zero attached hydrogens (tertiary/aromatic N) is 2. The van der Waals surface area contributed by atoms with Gasteiger partial charge in [-0.2, -0.15) is 0 Å². The molecule has 0 spiro atoms. The number of halogens is 2. The van der Waals surface area contributed by atoms with Gasteiger partial charge in [-0.3, -0.25) is 0 Å². The van der Waals surface area contributed by atoms with Crippen LogP contribution in [0.3, 0.4) is 0 Å². The van der Waals surface area contributed by atoms with Gasteiger partial charge in [0.15, 0.2) is 0 Å². The van der Waals surface area contributed by atoms with E-state index in [1.165, 1.54) is 0 Å². The molecule has 0 saturated carbocycles. The van der Waals surface area contributed by atoms with Crippen LogP contribution < -0.4 is 0 Å². The molecule has 17 heavy (non-hydrogen) atoms. The van der Waals surface area contributed by atoms with Crippen LogP contribution in [0.5, 0.6) is 0 Å². The summed E-state index contributed by atoms with van der Waals surface area (Å²) in [6.07, 6.45) is 0.839. The summed E-state index contributed by atoms with van der Waals surface area (Å²) in [7, 11) is 0. The van der Waals surface area contributed by atoms with Gasteiger partial charge in [-0.25, -0.2) is 9.97 Å². The second-order valence-corrected chi connectivity index (χ2v) is 6.18.